The van der Waals surface area contributed by atoms with Crippen LogP contribution in [0.2, 0.25) is 0 Å². The van der Waals surface area contributed by atoms with Crippen LogP contribution in [0.1, 0.15) is 20.8 Å². The number of rotatable bonds is 4. The summed E-state index contributed by atoms with van der Waals surface area (Å²) in [5.41, 5.74) is 2.76. The largest absolute Gasteiger partial charge is 2.00 e. The van der Waals surface area contributed by atoms with E-state index in [2.05, 4.69) is 0 Å². The minimum atomic E-state index is -0.277. The molecule has 128 valence electrons. The quantitative estimate of drug-likeness (QED) is 0.568. The molecule has 2 aliphatic rings. The molecule has 0 spiro atoms. The van der Waals surface area contributed by atoms with E-state index in [9.17, 15) is 10.2 Å². The molecule has 0 aromatic carbocycles. The predicted molar refractivity (Wildman–Crippen MR) is 90.8 cm³/mol. The first-order chi connectivity index (χ1) is 11.1. The zero-order valence-corrected chi connectivity index (χ0v) is 15.2. The van der Waals surface area contributed by atoms with Gasteiger partial charge >= 0.3 is 17.1 Å². The Labute approximate surface area is 154 Å². The molecule has 0 amide bonds. The maximum atomic E-state index is 11.1. The van der Waals surface area contributed by atoms with Gasteiger partial charge in [-0.25, -0.2) is 0 Å². The van der Waals surface area contributed by atoms with Gasteiger partial charge < -0.3 is 14.9 Å². The summed E-state index contributed by atoms with van der Waals surface area (Å²) in [6, 6.07) is 0. The molecule has 0 N–H and O–H groups in total. The zero-order chi connectivity index (χ0) is 17.1. The summed E-state index contributed by atoms with van der Waals surface area (Å²) in [6.45, 7) is 5.94. The van der Waals surface area contributed by atoms with Crippen LogP contribution in [0, 0.1) is 0 Å². The fourth-order valence-electron chi connectivity index (χ4n) is 1.87. The second-order valence-electron chi connectivity index (χ2n) is 4.79. The summed E-state index contributed by atoms with van der Waals surface area (Å²) in [5.74, 6) is -0.200. The minimum Gasteiger partial charge on any atom is -0.872 e. The molecule has 24 heavy (non-hydrogen) atoms. The van der Waals surface area contributed by atoms with Gasteiger partial charge in [0.2, 0.25) is 0 Å². The molecule has 0 unspecified atom stereocenters. The fourth-order valence-corrected chi connectivity index (χ4v) is 1.87. The van der Waals surface area contributed by atoms with Gasteiger partial charge in [0.15, 0.2) is 0 Å². The first kappa shape index (κ1) is 21.8. The maximum Gasteiger partial charge on any atom is 2.00 e. The number of allylic oxidation sites excluding steroid dienone is 14. The van der Waals surface area contributed by atoms with Crippen LogP contribution in [0.4, 0.5) is 0 Å². The average molecular weight is 366 g/mol. The smallest absolute Gasteiger partial charge is 0.872 e. The molecular formula is C20H22FeO3. The van der Waals surface area contributed by atoms with E-state index in [1.807, 2.05) is 62.5 Å². The number of ether oxygens (including phenoxy) is 1. The molecule has 0 atom stereocenters. The molecule has 2 aliphatic carbocycles. The van der Waals surface area contributed by atoms with E-state index in [1.165, 1.54) is 6.08 Å². The van der Waals surface area contributed by atoms with Gasteiger partial charge in [-0.05, 0) is 43.2 Å². The van der Waals surface area contributed by atoms with Crippen molar-refractivity contribution in [2.75, 3.05) is 6.61 Å². The van der Waals surface area contributed by atoms with Gasteiger partial charge in [-0.1, -0.05) is 67.7 Å². The Bertz CT molecular complexity index is 614. The van der Waals surface area contributed by atoms with Crippen molar-refractivity contribution in [3.8, 4) is 0 Å². The predicted octanol–water partition coefficient (Wildman–Crippen LogP) is 2.97. The van der Waals surface area contributed by atoms with Gasteiger partial charge in [0.1, 0.15) is 0 Å². The van der Waals surface area contributed by atoms with Crippen LogP contribution >= 0.6 is 0 Å². The van der Waals surface area contributed by atoms with Gasteiger partial charge in [0.25, 0.3) is 0 Å². The van der Waals surface area contributed by atoms with Crippen LogP contribution in [0.25, 0.3) is 0 Å². The van der Waals surface area contributed by atoms with Crippen molar-refractivity contribution in [1.29, 1.82) is 0 Å². The number of hydrogen-bond donors (Lipinski definition) is 0. The Morgan fingerprint density at radius 2 is 1.50 bits per heavy atom. The third-order valence-electron chi connectivity index (χ3n) is 3.00. The normalized spacial score (nSPS) is 14.7. The van der Waals surface area contributed by atoms with Gasteiger partial charge in [0.05, 0.1) is 5.95 Å². The Morgan fingerprint density at radius 1 is 1.00 bits per heavy atom. The molecule has 2 rings (SSSR count). The Morgan fingerprint density at radius 3 is 1.96 bits per heavy atom. The summed E-state index contributed by atoms with van der Waals surface area (Å²) >= 11 is 0. The second-order valence-corrected chi connectivity index (χ2v) is 4.79. The SMILES string of the molecule is CC=CC([O-])=C1C=CC=C1.CCOC([O-])=CC(C)=C1C=CC=C1.[Fe+2]. The monoisotopic (exact) mass is 366 g/mol. The van der Waals surface area contributed by atoms with Crippen molar-refractivity contribution in [3.63, 3.8) is 0 Å². The van der Waals surface area contributed by atoms with Crippen LogP contribution in [-0.4, -0.2) is 6.61 Å². The van der Waals surface area contributed by atoms with Crippen LogP contribution in [0.5, 0.6) is 0 Å². The topological polar surface area (TPSA) is 55.3 Å². The van der Waals surface area contributed by atoms with Crippen LogP contribution in [0.3, 0.4) is 0 Å². The standard InChI is InChI=1S/C11H14O2.C9H10O.Fe/c1-3-13-11(12)8-9(2)10-6-4-5-7-10;1-2-5-9(10)8-6-3-4-7-8;/h4-8,12H,3H2,1-2H3;2-7,10H,1H3;/q;;+2/p-2. The van der Waals surface area contributed by atoms with Crippen molar-refractivity contribution in [3.05, 3.63) is 95.3 Å². The first-order valence-electron chi connectivity index (χ1n) is 7.54. The maximum absolute atomic E-state index is 11.1. The van der Waals surface area contributed by atoms with Gasteiger partial charge in [-0.2, -0.15) is 0 Å². The third-order valence-corrected chi connectivity index (χ3v) is 3.00. The Balaban J connectivity index is 0.000000436. The molecule has 4 heteroatoms. The van der Waals surface area contributed by atoms with Crippen molar-refractivity contribution >= 4 is 0 Å². The third kappa shape index (κ3) is 7.91. The number of hydrogen-bond acceptors (Lipinski definition) is 3. The first-order valence-corrected chi connectivity index (χ1v) is 7.54. The molecule has 3 nitrogen and oxygen atoms in total. The Hall–Kier alpha value is -2.16. The van der Waals surface area contributed by atoms with Gasteiger partial charge in [-0.3, -0.25) is 0 Å². The van der Waals surface area contributed by atoms with E-state index in [0.717, 1.165) is 16.7 Å². The van der Waals surface area contributed by atoms with Crippen molar-refractivity contribution in [2.24, 2.45) is 0 Å². The van der Waals surface area contributed by atoms with Crippen LogP contribution < -0.4 is 10.2 Å². The molecule has 0 heterocycles. The fraction of sp³-hybridized carbons (Fsp3) is 0.200. The Kier molecular flexibility index (Phi) is 11.2. The van der Waals surface area contributed by atoms with E-state index in [1.54, 1.807) is 19.1 Å². The van der Waals surface area contributed by atoms with E-state index in [0.29, 0.717) is 6.61 Å². The molecule has 0 aromatic rings. The summed E-state index contributed by atoms with van der Waals surface area (Å²) in [4.78, 5) is 0. The molecule has 0 bridgehead atoms. The molecule has 0 fully saturated rings. The van der Waals surface area contributed by atoms with E-state index in [-0.39, 0.29) is 28.8 Å². The molecule has 0 aliphatic heterocycles. The van der Waals surface area contributed by atoms with Crippen molar-refractivity contribution in [1.82, 2.24) is 0 Å². The average Bonchev–Trinajstić information content (AvgIpc) is 3.22. The molecule has 0 radical (unpaired) electrons. The van der Waals surface area contributed by atoms with Crippen LogP contribution in [-0.2, 0) is 21.8 Å². The second kappa shape index (κ2) is 12.3. The zero-order valence-electron chi connectivity index (χ0n) is 14.1. The van der Waals surface area contributed by atoms with Crippen LogP contribution in [0.15, 0.2) is 95.3 Å². The minimum absolute atomic E-state index is 0. The van der Waals surface area contributed by atoms with Gasteiger partial charge in [0, 0.05) is 0 Å². The summed E-state index contributed by atoms with van der Waals surface area (Å²) < 4.78 is 4.80. The van der Waals surface area contributed by atoms with E-state index < -0.39 is 0 Å². The molecular weight excluding hydrogens is 344 g/mol. The molecule has 0 aromatic heterocycles. The summed E-state index contributed by atoms with van der Waals surface area (Å²) in [6.07, 6.45) is 20.0. The summed E-state index contributed by atoms with van der Waals surface area (Å²) in [7, 11) is 0. The van der Waals surface area contributed by atoms with Gasteiger partial charge in [-0.15, -0.1) is 5.76 Å². The van der Waals surface area contributed by atoms with Crippen molar-refractivity contribution in [2.45, 2.75) is 20.8 Å². The van der Waals surface area contributed by atoms with E-state index in [4.69, 9.17) is 4.74 Å². The van der Waals surface area contributed by atoms with Crippen molar-refractivity contribution < 1.29 is 32.0 Å². The van der Waals surface area contributed by atoms with E-state index >= 15 is 0 Å². The molecule has 0 saturated heterocycles. The summed E-state index contributed by atoms with van der Waals surface area (Å²) in [5, 5.41) is 22.1. The molecule has 0 saturated carbocycles.